The van der Waals surface area contributed by atoms with Gasteiger partial charge in [-0.2, -0.15) is 0 Å². The summed E-state index contributed by atoms with van der Waals surface area (Å²) in [6, 6.07) is 10.2. The predicted molar refractivity (Wildman–Crippen MR) is 116 cm³/mol. The van der Waals surface area contributed by atoms with Crippen molar-refractivity contribution >= 4 is 28.3 Å². The van der Waals surface area contributed by atoms with E-state index in [0.29, 0.717) is 12.5 Å². The highest BCUT2D eigenvalue weighted by Crippen LogP contribution is 2.35. The molecule has 0 bridgehead atoms. The Kier molecular flexibility index (Phi) is 4.03. The number of pyridine rings is 2. The number of rotatable bonds is 3. The fourth-order valence-electron chi connectivity index (χ4n) is 3.49. The van der Waals surface area contributed by atoms with E-state index < -0.39 is 0 Å². The van der Waals surface area contributed by atoms with Gasteiger partial charge >= 0.3 is 0 Å². The van der Waals surface area contributed by atoms with Crippen LogP contribution >= 0.6 is 11.3 Å². The van der Waals surface area contributed by atoms with E-state index in [0.717, 1.165) is 43.6 Å². The summed E-state index contributed by atoms with van der Waals surface area (Å²) < 4.78 is 7.89. The molecule has 5 rings (SSSR count). The Morgan fingerprint density at radius 3 is 2.76 bits per heavy atom. The molecule has 0 saturated heterocycles. The summed E-state index contributed by atoms with van der Waals surface area (Å²) in [6.45, 7) is 6.77. The number of aromatic nitrogens is 4. The zero-order valence-corrected chi connectivity index (χ0v) is 17.6. The Balaban J connectivity index is 1.58. The number of fused-ring (bicyclic) bond motifs is 1. The minimum atomic E-state index is -0.188. The van der Waals surface area contributed by atoms with Crippen LogP contribution in [0.2, 0.25) is 0 Å². The van der Waals surface area contributed by atoms with E-state index in [4.69, 9.17) is 19.7 Å². The molecule has 4 aromatic heterocycles. The molecule has 0 spiro atoms. The van der Waals surface area contributed by atoms with Gasteiger partial charge in [0.2, 0.25) is 5.90 Å². The predicted octanol–water partition coefficient (Wildman–Crippen LogP) is 4.62. The molecule has 146 valence electrons. The highest BCUT2D eigenvalue weighted by Gasteiger charge is 2.29. The molecule has 1 aliphatic rings. The normalized spacial score (nSPS) is 15.5. The molecule has 0 aliphatic carbocycles. The smallest absolute Gasteiger partial charge is 0.234 e. The zero-order chi connectivity index (χ0) is 20.2. The van der Waals surface area contributed by atoms with Gasteiger partial charge in [0.15, 0.2) is 0 Å². The Hall–Kier alpha value is -3.06. The maximum Gasteiger partial charge on any atom is 0.234 e. The first kappa shape index (κ1) is 18.0. The van der Waals surface area contributed by atoms with Crippen molar-refractivity contribution in [2.45, 2.75) is 26.3 Å². The lowest BCUT2D eigenvalue weighted by molar-refractivity contribution is 0.278. The largest absolute Gasteiger partial charge is 0.474 e. The van der Waals surface area contributed by atoms with E-state index in [1.54, 1.807) is 17.5 Å². The average molecular weight is 404 g/mol. The molecule has 0 N–H and O–H groups in total. The molecular weight excluding hydrogens is 382 g/mol. The van der Waals surface area contributed by atoms with Gasteiger partial charge in [-0.05, 0) is 51.1 Å². The van der Waals surface area contributed by atoms with Crippen LogP contribution in [0, 0.1) is 6.92 Å². The first-order valence-electron chi connectivity index (χ1n) is 9.49. The molecule has 5 heterocycles. The molecule has 0 unspecified atom stereocenters. The molecule has 1 aliphatic heterocycles. The molecule has 29 heavy (non-hydrogen) atoms. The third kappa shape index (κ3) is 3.11. The van der Waals surface area contributed by atoms with Crippen molar-refractivity contribution in [1.29, 1.82) is 0 Å². The van der Waals surface area contributed by atoms with Crippen molar-refractivity contribution in [3.8, 4) is 21.1 Å². The molecule has 0 saturated carbocycles. The van der Waals surface area contributed by atoms with E-state index >= 15 is 0 Å². The Bertz CT molecular complexity index is 1250. The number of aliphatic imine (C=N–C) groups is 1. The van der Waals surface area contributed by atoms with Crippen LogP contribution in [-0.2, 0) is 11.8 Å². The maximum absolute atomic E-state index is 5.84. The van der Waals surface area contributed by atoms with E-state index in [9.17, 15) is 0 Å². The third-order valence-corrected chi connectivity index (χ3v) is 6.23. The van der Waals surface area contributed by atoms with Crippen molar-refractivity contribution in [1.82, 2.24) is 19.5 Å². The minimum Gasteiger partial charge on any atom is -0.474 e. The van der Waals surface area contributed by atoms with Crippen LogP contribution < -0.4 is 0 Å². The van der Waals surface area contributed by atoms with Gasteiger partial charge in [-0.15, -0.1) is 11.3 Å². The molecular formula is C22H21N5OS. The minimum absolute atomic E-state index is 0.188. The molecule has 0 aromatic carbocycles. The summed E-state index contributed by atoms with van der Waals surface area (Å²) in [7, 11) is 2.01. The van der Waals surface area contributed by atoms with Crippen LogP contribution in [0.15, 0.2) is 47.7 Å². The van der Waals surface area contributed by atoms with Crippen molar-refractivity contribution in [2.24, 2.45) is 12.0 Å². The highest BCUT2D eigenvalue weighted by atomic mass is 32.1. The summed E-state index contributed by atoms with van der Waals surface area (Å²) >= 11 is 1.64. The number of hydrogen-bond donors (Lipinski definition) is 0. The van der Waals surface area contributed by atoms with Gasteiger partial charge in [-0.25, -0.2) is 15.0 Å². The number of ether oxygens (including phenoxy) is 1. The van der Waals surface area contributed by atoms with Crippen LogP contribution in [0.5, 0.6) is 0 Å². The zero-order valence-electron chi connectivity index (χ0n) is 16.8. The number of hydrogen-bond acceptors (Lipinski definition) is 6. The molecule has 7 heteroatoms. The molecule has 0 atom stereocenters. The fraction of sp³-hybridized carbons (Fsp3) is 0.273. The summed E-state index contributed by atoms with van der Waals surface area (Å²) in [5.41, 5.74) is 4.59. The lowest BCUT2D eigenvalue weighted by Gasteiger charge is -2.07. The quantitative estimate of drug-likeness (QED) is 0.501. The SMILES string of the molecule is Cc1nc(-c2cccnc2)sc1-c1ccc2cc(C3=NC(C)(C)CO3)n(C)c2n1. The molecule has 0 amide bonds. The van der Waals surface area contributed by atoms with Gasteiger partial charge in [0.1, 0.15) is 23.0 Å². The van der Waals surface area contributed by atoms with Gasteiger partial charge < -0.3 is 9.30 Å². The second kappa shape index (κ2) is 6.49. The first-order chi connectivity index (χ1) is 13.9. The third-order valence-electron chi connectivity index (χ3n) is 5.00. The molecule has 4 aromatic rings. The van der Waals surface area contributed by atoms with E-state index in [2.05, 4.69) is 41.6 Å². The highest BCUT2D eigenvalue weighted by molar-refractivity contribution is 7.18. The average Bonchev–Trinajstić information content (AvgIpc) is 3.37. The summed E-state index contributed by atoms with van der Waals surface area (Å²) in [4.78, 5) is 19.7. The van der Waals surface area contributed by atoms with Gasteiger partial charge in [0.05, 0.1) is 21.8 Å². The van der Waals surface area contributed by atoms with Gasteiger partial charge in [-0.3, -0.25) is 4.98 Å². The standard InChI is InChI=1S/C22H21N5OS/c1-13-18(29-21(24-13)15-6-5-9-23-11-15)16-8-7-14-10-17(27(4)19(14)25-16)20-26-22(2,3)12-28-20/h5-11H,12H2,1-4H3. The Morgan fingerprint density at radius 2 is 2.03 bits per heavy atom. The van der Waals surface area contributed by atoms with Crippen molar-refractivity contribution < 1.29 is 4.74 Å². The Labute approximate surface area is 173 Å². The number of aryl methyl sites for hydroxylation is 2. The number of thiazole rings is 1. The van der Waals surface area contributed by atoms with Crippen molar-refractivity contribution in [2.75, 3.05) is 6.61 Å². The maximum atomic E-state index is 5.84. The van der Waals surface area contributed by atoms with Crippen LogP contribution in [0.3, 0.4) is 0 Å². The molecule has 0 radical (unpaired) electrons. The molecule has 6 nitrogen and oxygen atoms in total. The van der Waals surface area contributed by atoms with E-state index in [-0.39, 0.29) is 5.54 Å². The summed E-state index contributed by atoms with van der Waals surface area (Å²) in [5, 5.41) is 2.02. The second-order valence-electron chi connectivity index (χ2n) is 7.89. The number of nitrogens with zero attached hydrogens (tertiary/aromatic N) is 5. The van der Waals surface area contributed by atoms with E-state index in [1.807, 2.05) is 32.3 Å². The topological polar surface area (TPSA) is 65.2 Å². The summed E-state index contributed by atoms with van der Waals surface area (Å²) in [5.74, 6) is 0.685. The van der Waals surface area contributed by atoms with Crippen LogP contribution in [-0.4, -0.2) is 37.6 Å². The van der Waals surface area contributed by atoms with Gasteiger partial charge in [0.25, 0.3) is 0 Å². The second-order valence-corrected chi connectivity index (χ2v) is 8.89. The molecule has 0 fully saturated rings. The van der Waals surface area contributed by atoms with Gasteiger partial charge in [-0.1, -0.05) is 0 Å². The lowest BCUT2D eigenvalue weighted by Crippen LogP contribution is -2.17. The van der Waals surface area contributed by atoms with Gasteiger partial charge in [0, 0.05) is 30.4 Å². The van der Waals surface area contributed by atoms with E-state index in [1.165, 1.54) is 0 Å². The van der Waals surface area contributed by atoms with Crippen molar-refractivity contribution in [3.63, 3.8) is 0 Å². The van der Waals surface area contributed by atoms with Crippen LogP contribution in [0.4, 0.5) is 0 Å². The summed E-state index contributed by atoms with van der Waals surface area (Å²) in [6.07, 6.45) is 3.61. The lowest BCUT2D eigenvalue weighted by atomic mass is 10.1. The van der Waals surface area contributed by atoms with Crippen LogP contribution in [0.1, 0.15) is 25.2 Å². The monoisotopic (exact) mass is 403 g/mol. The Morgan fingerprint density at radius 1 is 1.17 bits per heavy atom. The van der Waals surface area contributed by atoms with Crippen molar-refractivity contribution in [3.05, 3.63) is 54.1 Å². The van der Waals surface area contributed by atoms with Crippen LogP contribution in [0.25, 0.3) is 32.2 Å². The first-order valence-corrected chi connectivity index (χ1v) is 10.3. The fourth-order valence-corrected chi connectivity index (χ4v) is 4.52.